The van der Waals surface area contributed by atoms with E-state index in [-0.39, 0.29) is 0 Å². The lowest BCUT2D eigenvalue weighted by molar-refractivity contribution is 0.204. The van der Waals surface area contributed by atoms with Gasteiger partial charge in [0.1, 0.15) is 12.2 Å². The average molecular weight is 236 g/mol. The van der Waals surface area contributed by atoms with Gasteiger partial charge in [-0.25, -0.2) is 0 Å². The number of nitrogens with one attached hydrogen (secondary N) is 1. The van der Waals surface area contributed by atoms with E-state index in [0.717, 1.165) is 30.7 Å². The van der Waals surface area contributed by atoms with Gasteiger partial charge in [-0.2, -0.15) is 0 Å². The Bertz CT molecular complexity index is 347. The van der Waals surface area contributed by atoms with Gasteiger partial charge in [0.05, 0.1) is 6.54 Å². The third-order valence-electron chi connectivity index (χ3n) is 4.27. The molecule has 1 aliphatic rings. The van der Waals surface area contributed by atoms with Crippen molar-refractivity contribution >= 4 is 0 Å². The van der Waals surface area contributed by atoms with Crippen LogP contribution in [-0.2, 0) is 13.1 Å². The molecule has 3 atom stereocenters. The molecule has 17 heavy (non-hydrogen) atoms. The summed E-state index contributed by atoms with van der Waals surface area (Å²) in [6.45, 7) is 8.65. The molecule has 1 aliphatic carbocycles. The van der Waals surface area contributed by atoms with Crippen molar-refractivity contribution < 1.29 is 0 Å². The summed E-state index contributed by atoms with van der Waals surface area (Å²) in [7, 11) is 0. The quantitative estimate of drug-likeness (QED) is 0.871. The van der Waals surface area contributed by atoms with Crippen molar-refractivity contribution in [2.45, 2.75) is 59.2 Å². The lowest BCUT2D eigenvalue weighted by Crippen LogP contribution is -2.40. The maximum Gasteiger partial charge on any atom is 0.146 e. The van der Waals surface area contributed by atoms with E-state index >= 15 is 0 Å². The van der Waals surface area contributed by atoms with E-state index in [9.17, 15) is 0 Å². The Hall–Kier alpha value is -0.900. The largest absolute Gasteiger partial charge is 0.317 e. The van der Waals surface area contributed by atoms with Crippen molar-refractivity contribution in [2.75, 3.05) is 0 Å². The molecule has 1 aromatic heterocycles. The fraction of sp³-hybridized carbons (Fsp3) is 0.846. The van der Waals surface area contributed by atoms with Gasteiger partial charge in [0.25, 0.3) is 0 Å². The highest BCUT2D eigenvalue weighted by atomic mass is 15.3. The van der Waals surface area contributed by atoms with E-state index in [1.807, 2.05) is 6.33 Å². The van der Waals surface area contributed by atoms with Crippen LogP contribution in [0.4, 0.5) is 0 Å². The van der Waals surface area contributed by atoms with Crippen LogP contribution in [0.25, 0.3) is 0 Å². The summed E-state index contributed by atoms with van der Waals surface area (Å²) in [5.41, 5.74) is 0. The molecule has 0 bridgehead atoms. The van der Waals surface area contributed by atoms with Gasteiger partial charge in [-0.15, -0.1) is 10.2 Å². The molecule has 0 radical (unpaired) electrons. The molecule has 1 aromatic rings. The van der Waals surface area contributed by atoms with Gasteiger partial charge in [0.2, 0.25) is 0 Å². The molecule has 2 rings (SSSR count). The third kappa shape index (κ3) is 2.86. The topological polar surface area (TPSA) is 42.7 Å². The van der Waals surface area contributed by atoms with Gasteiger partial charge < -0.3 is 9.88 Å². The van der Waals surface area contributed by atoms with Crippen LogP contribution < -0.4 is 5.32 Å². The van der Waals surface area contributed by atoms with Crippen molar-refractivity contribution in [3.8, 4) is 0 Å². The fourth-order valence-corrected chi connectivity index (χ4v) is 2.77. The molecule has 0 aromatic carbocycles. The Morgan fingerprint density at radius 3 is 3.00 bits per heavy atom. The van der Waals surface area contributed by atoms with Gasteiger partial charge in [0, 0.05) is 12.6 Å². The zero-order valence-corrected chi connectivity index (χ0v) is 11.2. The summed E-state index contributed by atoms with van der Waals surface area (Å²) in [4.78, 5) is 0. The summed E-state index contributed by atoms with van der Waals surface area (Å²) in [6.07, 6.45) is 5.84. The molecular weight excluding hydrogens is 212 g/mol. The molecule has 4 heteroatoms. The minimum absolute atomic E-state index is 0.640. The zero-order chi connectivity index (χ0) is 12.3. The molecule has 0 saturated heterocycles. The summed E-state index contributed by atoms with van der Waals surface area (Å²) in [5.74, 6) is 2.66. The first-order valence-corrected chi connectivity index (χ1v) is 6.82. The number of hydrogen-bond acceptors (Lipinski definition) is 3. The second kappa shape index (κ2) is 5.63. The number of nitrogens with zero attached hydrogens (tertiary/aromatic N) is 3. The molecule has 96 valence electrons. The minimum Gasteiger partial charge on any atom is -0.317 e. The molecule has 0 amide bonds. The van der Waals surface area contributed by atoms with Crippen LogP contribution in [0.5, 0.6) is 0 Å². The van der Waals surface area contributed by atoms with Crippen LogP contribution in [0, 0.1) is 11.8 Å². The Kier molecular flexibility index (Phi) is 4.15. The standard InChI is InChI=1S/C13H24N4/c1-4-17-9-15-16-13(17)8-14-12-7-5-6-10(2)11(12)3/h9-12,14H,4-8H2,1-3H3/t10-,11+,12+/m1/s1. The number of aromatic nitrogens is 3. The van der Waals surface area contributed by atoms with E-state index in [0.29, 0.717) is 6.04 Å². The molecule has 1 saturated carbocycles. The van der Waals surface area contributed by atoms with Crippen molar-refractivity contribution in [3.05, 3.63) is 12.2 Å². The van der Waals surface area contributed by atoms with Crippen molar-refractivity contribution in [1.29, 1.82) is 0 Å². The molecule has 0 unspecified atom stereocenters. The molecule has 1 heterocycles. The van der Waals surface area contributed by atoms with E-state index < -0.39 is 0 Å². The van der Waals surface area contributed by atoms with Gasteiger partial charge in [-0.3, -0.25) is 0 Å². The zero-order valence-electron chi connectivity index (χ0n) is 11.2. The lowest BCUT2D eigenvalue weighted by atomic mass is 9.78. The Morgan fingerprint density at radius 2 is 2.24 bits per heavy atom. The average Bonchev–Trinajstić information content (AvgIpc) is 2.78. The molecular formula is C13H24N4. The highest BCUT2D eigenvalue weighted by molar-refractivity contribution is 4.88. The molecule has 1 N–H and O–H groups in total. The van der Waals surface area contributed by atoms with Crippen LogP contribution >= 0.6 is 0 Å². The normalized spacial score (nSPS) is 29.5. The molecule has 0 aliphatic heterocycles. The minimum atomic E-state index is 0.640. The van der Waals surface area contributed by atoms with Gasteiger partial charge in [-0.05, 0) is 25.2 Å². The second-order valence-electron chi connectivity index (χ2n) is 5.29. The van der Waals surface area contributed by atoms with E-state index in [4.69, 9.17) is 0 Å². The monoisotopic (exact) mass is 236 g/mol. The summed E-state index contributed by atoms with van der Waals surface area (Å²) >= 11 is 0. The molecule has 1 fully saturated rings. The second-order valence-corrected chi connectivity index (χ2v) is 5.29. The highest BCUT2D eigenvalue weighted by Crippen LogP contribution is 2.29. The smallest absolute Gasteiger partial charge is 0.146 e. The SMILES string of the molecule is CCn1cnnc1CN[C@H]1CCC[C@@H](C)[C@@H]1C. The van der Waals surface area contributed by atoms with Crippen LogP contribution in [0.1, 0.15) is 45.9 Å². The molecule has 4 nitrogen and oxygen atoms in total. The van der Waals surface area contributed by atoms with Crippen molar-refractivity contribution in [1.82, 2.24) is 20.1 Å². The summed E-state index contributed by atoms with van der Waals surface area (Å²) in [5, 5.41) is 11.8. The first-order chi connectivity index (χ1) is 8.22. The Morgan fingerprint density at radius 1 is 1.41 bits per heavy atom. The maximum atomic E-state index is 4.17. The maximum absolute atomic E-state index is 4.17. The van der Waals surface area contributed by atoms with Gasteiger partial charge in [0.15, 0.2) is 0 Å². The van der Waals surface area contributed by atoms with E-state index in [1.54, 1.807) is 0 Å². The molecule has 0 spiro atoms. The Balaban J connectivity index is 1.89. The predicted octanol–water partition coefficient (Wildman–Crippen LogP) is 2.21. The van der Waals surface area contributed by atoms with Crippen LogP contribution in [0.2, 0.25) is 0 Å². The van der Waals surface area contributed by atoms with Crippen LogP contribution in [-0.4, -0.2) is 20.8 Å². The first-order valence-electron chi connectivity index (χ1n) is 6.82. The summed E-state index contributed by atoms with van der Waals surface area (Å²) < 4.78 is 2.10. The van der Waals surface area contributed by atoms with Crippen molar-refractivity contribution in [2.24, 2.45) is 11.8 Å². The summed E-state index contributed by atoms with van der Waals surface area (Å²) in [6, 6.07) is 0.640. The fourth-order valence-electron chi connectivity index (χ4n) is 2.77. The van der Waals surface area contributed by atoms with Gasteiger partial charge >= 0.3 is 0 Å². The van der Waals surface area contributed by atoms with E-state index in [2.05, 4.69) is 40.9 Å². The predicted molar refractivity (Wildman–Crippen MR) is 68.5 cm³/mol. The first kappa shape index (κ1) is 12.6. The lowest BCUT2D eigenvalue weighted by Gasteiger charge is -2.34. The van der Waals surface area contributed by atoms with Crippen LogP contribution in [0.3, 0.4) is 0 Å². The highest BCUT2D eigenvalue weighted by Gasteiger charge is 2.26. The number of hydrogen-bond donors (Lipinski definition) is 1. The number of rotatable bonds is 4. The van der Waals surface area contributed by atoms with Crippen LogP contribution in [0.15, 0.2) is 6.33 Å². The van der Waals surface area contributed by atoms with Gasteiger partial charge in [-0.1, -0.05) is 26.7 Å². The van der Waals surface area contributed by atoms with E-state index in [1.165, 1.54) is 19.3 Å². The van der Waals surface area contributed by atoms with Crippen molar-refractivity contribution in [3.63, 3.8) is 0 Å². The third-order valence-corrected chi connectivity index (χ3v) is 4.27. The number of aryl methyl sites for hydroxylation is 1. The Labute approximate surface area is 104 Å².